The Morgan fingerprint density at radius 3 is 2.47 bits per heavy atom. The minimum Gasteiger partial charge on any atom is -0.481 e. The van der Waals surface area contributed by atoms with Crippen molar-refractivity contribution in [1.29, 1.82) is 0 Å². The van der Waals surface area contributed by atoms with E-state index in [0.29, 0.717) is 6.42 Å². The molecular weight excluding hydrogens is 188 g/mol. The summed E-state index contributed by atoms with van der Waals surface area (Å²) in [4.78, 5) is 10.4. The molecule has 0 saturated carbocycles. The Balaban J connectivity index is 2.74. The highest BCUT2D eigenvalue weighted by molar-refractivity contribution is 5.72. The molecule has 1 N–H and O–H groups in total. The molecule has 2 heteroatoms. The highest BCUT2D eigenvalue weighted by Crippen LogP contribution is 2.20. The predicted molar refractivity (Wildman–Crippen MR) is 61.8 cm³/mol. The standard InChI is InChI=1S/C13H16O2/c1-9-4-6-12(8-11(9)3)10(2)5-7-13(14)15/h4,6,8H,2,5,7H2,1,3H3,(H,14,15). The summed E-state index contributed by atoms with van der Waals surface area (Å²) in [6.45, 7) is 8.00. The van der Waals surface area contributed by atoms with Gasteiger partial charge in [-0.1, -0.05) is 24.8 Å². The van der Waals surface area contributed by atoms with Gasteiger partial charge < -0.3 is 5.11 Å². The number of allylic oxidation sites excluding steroid dienone is 1. The lowest BCUT2D eigenvalue weighted by Gasteiger charge is -2.07. The van der Waals surface area contributed by atoms with Crippen LogP contribution in [0.25, 0.3) is 5.57 Å². The second kappa shape index (κ2) is 4.78. The summed E-state index contributed by atoms with van der Waals surface area (Å²) in [5.74, 6) is -0.778. The molecule has 1 rings (SSSR count). The summed E-state index contributed by atoms with van der Waals surface area (Å²) in [5, 5.41) is 8.57. The van der Waals surface area contributed by atoms with Crippen molar-refractivity contribution < 1.29 is 9.90 Å². The first-order chi connectivity index (χ1) is 7.00. The molecule has 2 nitrogen and oxygen atoms in total. The van der Waals surface area contributed by atoms with Crippen LogP contribution in [0.1, 0.15) is 29.5 Å². The molecule has 0 aromatic heterocycles. The van der Waals surface area contributed by atoms with E-state index in [-0.39, 0.29) is 6.42 Å². The van der Waals surface area contributed by atoms with E-state index in [4.69, 9.17) is 5.11 Å². The fourth-order valence-corrected chi connectivity index (χ4v) is 1.36. The van der Waals surface area contributed by atoms with Crippen LogP contribution in [-0.2, 0) is 4.79 Å². The van der Waals surface area contributed by atoms with E-state index >= 15 is 0 Å². The Bertz CT molecular complexity index is 392. The third-order valence-corrected chi connectivity index (χ3v) is 2.56. The first kappa shape index (κ1) is 11.5. The largest absolute Gasteiger partial charge is 0.481 e. The zero-order valence-electron chi connectivity index (χ0n) is 9.21. The summed E-state index contributed by atoms with van der Waals surface area (Å²) in [6, 6.07) is 6.09. The van der Waals surface area contributed by atoms with Crippen molar-refractivity contribution >= 4 is 11.5 Å². The van der Waals surface area contributed by atoms with Crippen molar-refractivity contribution in [3.63, 3.8) is 0 Å². The molecule has 1 aromatic carbocycles. The van der Waals surface area contributed by atoms with E-state index in [0.717, 1.165) is 11.1 Å². The molecular formula is C13H16O2. The van der Waals surface area contributed by atoms with Crippen LogP contribution in [0.3, 0.4) is 0 Å². The molecule has 0 heterocycles. The second-order valence-electron chi connectivity index (χ2n) is 3.80. The second-order valence-corrected chi connectivity index (χ2v) is 3.80. The van der Waals surface area contributed by atoms with E-state index in [9.17, 15) is 4.79 Å². The van der Waals surface area contributed by atoms with Crippen molar-refractivity contribution in [2.75, 3.05) is 0 Å². The number of aliphatic carboxylic acids is 1. The number of rotatable bonds is 4. The SMILES string of the molecule is C=C(CCC(=O)O)c1ccc(C)c(C)c1. The molecule has 0 amide bonds. The maximum atomic E-state index is 10.4. The van der Waals surface area contributed by atoms with Crippen LogP contribution in [0.4, 0.5) is 0 Å². The summed E-state index contributed by atoms with van der Waals surface area (Å²) in [7, 11) is 0. The van der Waals surface area contributed by atoms with Crippen LogP contribution in [-0.4, -0.2) is 11.1 Å². The molecule has 0 aliphatic rings. The van der Waals surface area contributed by atoms with Crippen LogP contribution in [0.5, 0.6) is 0 Å². The van der Waals surface area contributed by atoms with Crippen molar-refractivity contribution in [2.24, 2.45) is 0 Å². The number of hydrogen-bond donors (Lipinski definition) is 1. The molecule has 0 radical (unpaired) electrons. The lowest BCUT2D eigenvalue weighted by atomic mass is 9.99. The number of aryl methyl sites for hydroxylation is 2. The molecule has 0 atom stereocenters. The number of carbonyl (C=O) groups is 1. The van der Waals surface area contributed by atoms with Crippen molar-refractivity contribution in [1.82, 2.24) is 0 Å². The van der Waals surface area contributed by atoms with Gasteiger partial charge in [-0.05, 0) is 42.5 Å². The van der Waals surface area contributed by atoms with Gasteiger partial charge in [-0.15, -0.1) is 0 Å². The minimum absolute atomic E-state index is 0.145. The van der Waals surface area contributed by atoms with Gasteiger partial charge in [-0.3, -0.25) is 4.79 Å². The van der Waals surface area contributed by atoms with E-state index in [1.807, 2.05) is 19.1 Å². The zero-order chi connectivity index (χ0) is 11.4. The fraction of sp³-hybridized carbons (Fsp3) is 0.308. The first-order valence-corrected chi connectivity index (χ1v) is 4.98. The van der Waals surface area contributed by atoms with Crippen LogP contribution in [0, 0.1) is 13.8 Å². The van der Waals surface area contributed by atoms with Crippen molar-refractivity contribution in [3.8, 4) is 0 Å². The Kier molecular flexibility index (Phi) is 3.67. The number of carboxylic acid groups (broad SMARTS) is 1. The average molecular weight is 204 g/mol. The van der Waals surface area contributed by atoms with Crippen molar-refractivity contribution in [3.05, 3.63) is 41.5 Å². The third kappa shape index (κ3) is 3.24. The Labute approximate surface area is 90.3 Å². The van der Waals surface area contributed by atoms with Gasteiger partial charge in [-0.25, -0.2) is 0 Å². The number of carboxylic acids is 1. The summed E-state index contributed by atoms with van der Waals surface area (Å²) in [6.07, 6.45) is 0.656. The quantitative estimate of drug-likeness (QED) is 0.817. The summed E-state index contributed by atoms with van der Waals surface area (Å²) >= 11 is 0. The number of hydrogen-bond acceptors (Lipinski definition) is 1. The normalized spacial score (nSPS) is 10.0. The van der Waals surface area contributed by atoms with Gasteiger partial charge in [0.2, 0.25) is 0 Å². The first-order valence-electron chi connectivity index (χ1n) is 4.98. The molecule has 0 aliphatic heterocycles. The molecule has 0 fully saturated rings. The maximum absolute atomic E-state index is 10.4. The van der Waals surface area contributed by atoms with E-state index in [2.05, 4.69) is 19.6 Å². The predicted octanol–water partition coefficient (Wildman–Crippen LogP) is 3.18. The van der Waals surface area contributed by atoms with Gasteiger partial charge in [0, 0.05) is 6.42 Å². The average Bonchev–Trinajstić information content (AvgIpc) is 2.18. The molecule has 1 aromatic rings. The maximum Gasteiger partial charge on any atom is 0.303 e. The Morgan fingerprint density at radius 2 is 1.93 bits per heavy atom. The van der Waals surface area contributed by atoms with Crippen molar-refractivity contribution in [2.45, 2.75) is 26.7 Å². The molecule has 0 spiro atoms. The molecule has 0 unspecified atom stereocenters. The van der Waals surface area contributed by atoms with Crippen LogP contribution < -0.4 is 0 Å². The highest BCUT2D eigenvalue weighted by Gasteiger charge is 2.03. The molecule has 0 aliphatic carbocycles. The smallest absolute Gasteiger partial charge is 0.303 e. The highest BCUT2D eigenvalue weighted by atomic mass is 16.4. The van der Waals surface area contributed by atoms with Gasteiger partial charge in [0.25, 0.3) is 0 Å². The van der Waals surface area contributed by atoms with Gasteiger partial charge >= 0.3 is 5.97 Å². The van der Waals surface area contributed by atoms with E-state index in [1.54, 1.807) is 0 Å². The van der Waals surface area contributed by atoms with Crippen LogP contribution in [0.15, 0.2) is 24.8 Å². The Hall–Kier alpha value is -1.57. The third-order valence-electron chi connectivity index (χ3n) is 2.56. The Morgan fingerprint density at radius 1 is 1.27 bits per heavy atom. The molecule has 0 saturated heterocycles. The molecule has 15 heavy (non-hydrogen) atoms. The lowest BCUT2D eigenvalue weighted by Crippen LogP contribution is -1.95. The van der Waals surface area contributed by atoms with Gasteiger partial charge in [0.1, 0.15) is 0 Å². The summed E-state index contributed by atoms with van der Waals surface area (Å²) in [5.41, 5.74) is 4.38. The fourth-order valence-electron chi connectivity index (χ4n) is 1.36. The molecule has 0 bridgehead atoms. The molecule has 80 valence electrons. The van der Waals surface area contributed by atoms with E-state index in [1.165, 1.54) is 11.1 Å². The topological polar surface area (TPSA) is 37.3 Å². The minimum atomic E-state index is -0.778. The van der Waals surface area contributed by atoms with Gasteiger partial charge in [0.05, 0.1) is 0 Å². The summed E-state index contributed by atoms with van der Waals surface area (Å²) < 4.78 is 0. The van der Waals surface area contributed by atoms with Gasteiger partial charge in [-0.2, -0.15) is 0 Å². The zero-order valence-corrected chi connectivity index (χ0v) is 9.21. The monoisotopic (exact) mass is 204 g/mol. The van der Waals surface area contributed by atoms with E-state index < -0.39 is 5.97 Å². The number of benzene rings is 1. The van der Waals surface area contributed by atoms with Crippen LogP contribution >= 0.6 is 0 Å². The lowest BCUT2D eigenvalue weighted by molar-refractivity contribution is -0.136. The van der Waals surface area contributed by atoms with Crippen LogP contribution in [0.2, 0.25) is 0 Å². The van der Waals surface area contributed by atoms with Gasteiger partial charge in [0.15, 0.2) is 0 Å².